The van der Waals surface area contributed by atoms with Crippen LogP contribution in [0.3, 0.4) is 0 Å². The molecule has 0 aliphatic rings. The number of amides is 1. The van der Waals surface area contributed by atoms with Gasteiger partial charge in [-0.3, -0.25) is 9.89 Å². The Labute approximate surface area is 125 Å². The highest BCUT2D eigenvalue weighted by atomic mass is 32.1. The summed E-state index contributed by atoms with van der Waals surface area (Å²) in [5, 5.41) is 15.5. The Morgan fingerprint density at radius 3 is 3.10 bits per heavy atom. The summed E-state index contributed by atoms with van der Waals surface area (Å²) in [6.45, 7) is 2.34. The van der Waals surface area contributed by atoms with Crippen molar-refractivity contribution in [2.45, 2.75) is 13.3 Å². The van der Waals surface area contributed by atoms with Crippen molar-refractivity contribution in [1.29, 1.82) is 0 Å². The molecule has 0 spiro atoms. The summed E-state index contributed by atoms with van der Waals surface area (Å²) in [7, 11) is 0. The Morgan fingerprint density at radius 1 is 1.48 bits per heavy atom. The molecule has 0 unspecified atom stereocenters. The first-order valence-electron chi connectivity index (χ1n) is 6.52. The van der Waals surface area contributed by atoms with Gasteiger partial charge in [0.1, 0.15) is 5.76 Å². The number of hydrogen-bond donors (Lipinski definition) is 2. The molecule has 21 heavy (non-hydrogen) atoms. The number of thiophene rings is 1. The maximum Gasteiger partial charge on any atom is 0.271 e. The zero-order valence-electron chi connectivity index (χ0n) is 11.4. The fourth-order valence-electron chi connectivity index (χ4n) is 1.92. The number of aromatic amines is 1. The van der Waals surface area contributed by atoms with Crippen LogP contribution in [-0.2, 0) is 6.42 Å². The second-order valence-corrected chi connectivity index (χ2v) is 5.53. The SMILES string of the molecule is Cc1cc(CCNC(=O)c2cc(-c3cccs3)[nH]n2)on1. The Hall–Kier alpha value is -2.41. The molecule has 108 valence electrons. The standard InChI is InChI=1S/C14H14N4O2S/c1-9-7-10(20-18-9)4-5-15-14(19)12-8-11(16-17-12)13-3-2-6-21-13/h2-3,6-8H,4-5H2,1H3,(H,15,19)(H,16,17). The van der Waals surface area contributed by atoms with Gasteiger partial charge >= 0.3 is 0 Å². The lowest BCUT2D eigenvalue weighted by Gasteiger charge is -2.00. The molecule has 3 aromatic rings. The third kappa shape index (κ3) is 3.19. The van der Waals surface area contributed by atoms with Crippen molar-refractivity contribution < 1.29 is 9.32 Å². The normalized spacial score (nSPS) is 10.7. The van der Waals surface area contributed by atoms with Crippen molar-refractivity contribution in [2.75, 3.05) is 6.54 Å². The molecular formula is C14H14N4O2S. The molecule has 7 heteroatoms. The maximum atomic E-state index is 12.0. The summed E-state index contributed by atoms with van der Waals surface area (Å²) in [6, 6.07) is 7.54. The van der Waals surface area contributed by atoms with Crippen LogP contribution in [0.2, 0.25) is 0 Å². The summed E-state index contributed by atoms with van der Waals surface area (Å²) in [5.41, 5.74) is 2.07. The lowest BCUT2D eigenvalue weighted by Crippen LogP contribution is -2.25. The van der Waals surface area contributed by atoms with E-state index in [9.17, 15) is 4.79 Å². The van der Waals surface area contributed by atoms with Gasteiger partial charge in [0.05, 0.1) is 16.3 Å². The zero-order chi connectivity index (χ0) is 14.7. The van der Waals surface area contributed by atoms with Gasteiger partial charge < -0.3 is 9.84 Å². The van der Waals surface area contributed by atoms with E-state index in [-0.39, 0.29) is 5.91 Å². The van der Waals surface area contributed by atoms with E-state index in [0.29, 0.717) is 18.7 Å². The minimum absolute atomic E-state index is 0.203. The summed E-state index contributed by atoms with van der Waals surface area (Å²) < 4.78 is 5.08. The zero-order valence-corrected chi connectivity index (χ0v) is 12.2. The van der Waals surface area contributed by atoms with Gasteiger partial charge in [0.25, 0.3) is 5.91 Å². The second-order valence-electron chi connectivity index (χ2n) is 4.58. The highest BCUT2D eigenvalue weighted by Crippen LogP contribution is 2.22. The largest absolute Gasteiger partial charge is 0.361 e. The summed E-state index contributed by atoms with van der Waals surface area (Å²) in [5.74, 6) is 0.555. The molecule has 0 radical (unpaired) electrons. The third-order valence-corrected chi connectivity index (χ3v) is 3.83. The molecule has 2 N–H and O–H groups in total. The highest BCUT2D eigenvalue weighted by molar-refractivity contribution is 7.13. The van der Waals surface area contributed by atoms with Crippen LogP contribution in [-0.4, -0.2) is 27.8 Å². The topological polar surface area (TPSA) is 83.8 Å². The van der Waals surface area contributed by atoms with Gasteiger partial charge in [0.2, 0.25) is 0 Å². The van der Waals surface area contributed by atoms with E-state index in [2.05, 4.69) is 20.7 Å². The van der Waals surface area contributed by atoms with Gasteiger partial charge in [-0.25, -0.2) is 0 Å². The van der Waals surface area contributed by atoms with Crippen molar-refractivity contribution >= 4 is 17.2 Å². The number of carbonyl (C=O) groups is 1. The maximum absolute atomic E-state index is 12.0. The molecule has 0 fully saturated rings. The van der Waals surface area contributed by atoms with Crippen LogP contribution in [0.15, 0.2) is 34.2 Å². The molecule has 0 aliphatic heterocycles. The van der Waals surface area contributed by atoms with Crippen LogP contribution < -0.4 is 5.32 Å². The van der Waals surface area contributed by atoms with Crippen molar-refractivity contribution in [3.63, 3.8) is 0 Å². The van der Waals surface area contributed by atoms with E-state index in [4.69, 9.17) is 4.52 Å². The number of aryl methyl sites for hydroxylation is 1. The molecule has 6 nitrogen and oxygen atoms in total. The quantitative estimate of drug-likeness (QED) is 0.758. The van der Waals surface area contributed by atoms with Gasteiger partial charge in [-0.1, -0.05) is 11.2 Å². The first-order chi connectivity index (χ1) is 10.2. The van der Waals surface area contributed by atoms with Crippen LogP contribution in [0.25, 0.3) is 10.6 Å². The van der Waals surface area contributed by atoms with E-state index in [0.717, 1.165) is 22.0 Å². The number of nitrogens with zero attached hydrogens (tertiary/aromatic N) is 2. The summed E-state index contributed by atoms with van der Waals surface area (Å²) in [4.78, 5) is 13.0. The Morgan fingerprint density at radius 2 is 2.38 bits per heavy atom. The lowest BCUT2D eigenvalue weighted by atomic mass is 10.3. The third-order valence-electron chi connectivity index (χ3n) is 2.93. The van der Waals surface area contributed by atoms with Gasteiger partial charge in [-0.15, -0.1) is 11.3 Å². The number of aromatic nitrogens is 3. The predicted molar refractivity (Wildman–Crippen MR) is 79.2 cm³/mol. The number of carbonyl (C=O) groups excluding carboxylic acids is 1. The van der Waals surface area contributed by atoms with Crippen LogP contribution in [0.5, 0.6) is 0 Å². The molecule has 3 aromatic heterocycles. The van der Waals surface area contributed by atoms with E-state index in [1.165, 1.54) is 0 Å². The molecule has 0 aliphatic carbocycles. The van der Waals surface area contributed by atoms with E-state index < -0.39 is 0 Å². The Kier molecular flexibility index (Phi) is 3.83. The number of hydrogen-bond acceptors (Lipinski definition) is 5. The van der Waals surface area contributed by atoms with Crippen molar-refractivity contribution in [2.24, 2.45) is 0 Å². The van der Waals surface area contributed by atoms with Crippen molar-refractivity contribution in [1.82, 2.24) is 20.7 Å². The summed E-state index contributed by atoms with van der Waals surface area (Å²) in [6.07, 6.45) is 0.606. The van der Waals surface area contributed by atoms with Crippen molar-refractivity contribution in [3.8, 4) is 10.6 Å². The average molecular weight is 302 g/mol. The first kappa shape index (κ1) is 13.6. The molecule has 0 saturated heterocycles. The Balaban J connectivity index is 1.56. The summed E-state index contributed by atoms with van der Waals surface area (Å²) >= 11 is 1.60. The van der Waals surface area contributed by atoms with Gasteiger partial charge in [-0.2, -0.15) is 5.10 Å². The molecule has 0 saturated carbocycles. The van der Waals surface area contributed by atoms with Crippen LogP contribution >= 0.6 is 11.3 Å². The highest BCUT2D eigenvalue weighted by Gasteiger charge is 2.11. The molecule has 1 amide bonds. The molecule has 0 atom stereocenters. The fraction of sp³-hybridized carbons (Fsp3) is 0.214. The monoisotopic (exact) mass is 302 g/mol. The molecule has 0 aromatic carbocycles. The van der Waals surface area contributed by atoms with E-state index >= 15 is 0 Å². The Bertz CT molecular complexity index is 730. The molecular weight excluding hydrogens is 288 g/mol. The average Bonchev–Trinajstić information content (AvgIpc) is 3.19. The lowest BCUT2D eigenvalue weighted by molar-refractivity contribution is 0.0948. The number of H-pyrrole nitrogens is 1. The van der Waals surface area contributed by atoms with Crippen LogP contribution in [0, 0.1) is 6.92 Å². The van der Waals surface area contributed by atoms with E-state index in [1.54, 1.807) is 17.4 Å². The van der Waals surface area contributed by atoms with Crippen LogP contribution in [0.1, 0.15) is 21.9 Å². The minimum Gasteiger partial charge on any atom is -0.361 e. The van der Waals surface area contributed by atoms with Gasteiger partial charge in [0, 0.05) is 19.0 Å². The predicted octanol–water partition coefficient (Wildman–Crippen LogP) is 2.41. The minimum atomic E-state index is -0.203. The van der Waals surface area contributed by atoms with Gasteiger partial charge in [-0.05, 0) is 24.4 Å². The fourth-order valence-corrected chi connectivity index (χ4v) is 2.61. The van der Waals surface area contributed by atoms with Gasteiger partial charge in [0.15, 0.2) is 5.69 Å². The van der Waals surface area contributed by atoms with Crippen LogP contribution in [0.4, 0.5) is 0 Å². The smallest absolute Gasteiger partial charge is 0.271 e. The number of rotatable bonds is 5. The first-order valence-corrected chi connectivity index (χ1v) is 7.40. The molecule has 3 rings (SSSR count). The second kappa shape index (κ2) is 5.92. The molecule has 3 heterocycles. The molecule has 0 bridgehead atoms. The number of nitrogens with one attached hydrogen (secondary N) is 2. The van der Waals surface area contributed by atoms with Crippen molar-refractivity contribution in [3.05, 3.63) is 46.8 Å². The van der Waals surface area contributed by atoms with E-state index in [1.807, 2.05) is 30.5 Å².